The number of ether oxygens (including phenoxy) is 1. The third-order valence-electron chi connectivity index (χ3n) is 3.88. The lowest BCUT2D eigenvalue weighted by Gasteiger charge is -2.17. The molecule has 0 unspecified atom stereocenters. The molecule has 2 aromatic heterocycles. The van der Waals surface area contributed by atoms with Crippen LogP contribution in [-0.2, 0) is 19.5 Å². The van der Waals surface area contributed by atoms with Crippen molar-refractivity contribution in [2.75, 3.05) is 20.2 Å². The van der Waals surface area contributed by atoms with Crippen LogP contribution >= 0.6 is 0 Å². The van der Waals surface area contributed by atoms with E-state index in [-0.39, 0.29) is 18.0 Å². The molecule has 23 heavy (non-hydrogen) atoms. The van der Waals surface area contributed by atoms with Gasteiger partial charge in [0.1, 0.15) is 17.1 Å². The number of hydrogen-bond acceptors (Lipinski definition) is 5. The Labute approximate surface area is 133 Å². The van der Waals surface area contributed by atoms with Crippen LogP contribution in [0.5, 0.6) is 5.75 Å². The van der Waals surface area contributed by atoms with Crippen molar-refractivity contribution in [2.24, 2.45) is 0 Å². The Morgan fingerprint density at radius 2 is 2.35 bits per heavy atom. The topological polar surface area (TPSA) is 85.5 Å². The molecule has 0 aromatic carbocycles. The van der Waals surface area contributed by atoms with Crippen molar-refractivity contribution in [3.05, 3.63) is 51.8 Å². The van der Waals surface area contributed by atoms with E-state index in [1.165, 1.54) is 13.2 Å². The van der Waals surface area contributed by atoms with Gasteiger partial charge in [0.25, 0.3) is 11.5 Å². The van der Waals surface area contributed by atoms with Gasteiger partial charge in [-0.2, -0.15) is 0 Å². The van der Waals surface area contributed by atoms with Crippen molar-refractivity contribution in [2.45, 2.75) is 19.5 Å². The van der Waals surface area contributed by atoms with Gasteiger partial charge in [-0.1, -0.05) is 0 Å². The predicted octanol–water partition coefficient (Wildman–Crippen LogP) is 0.526. The Morgan fingerprint density at radius 1 is 1.48 bits per heavy atom. The van der Waals surface area contributed by atoms with Crippen LogP contribution in [0.2, 0.25) is 0 Å². The van der Waals surface area contributed by atoms with Gasteiger partial charge in [0.15, 0.2) is 0 Å². The van der Waals surface area contributed by atoms with Gasteiger partial charge in [0.2, 0.25) is 0 Å². The van der Waals surface area contributed by atoms with E-state index in [4.69, 9.17) is 9.15 Å². The van der Waals surface area contributed by atoms with E-state index >= 15 is 0 Å². The van der Waals surface area contributed by atoms with Crippen LogP contribution < -0.4 is 20.9 Å². The van der Waals surface area contributed by atoms with Crippen molar-refractivity contribution in [1.29, 1.82) is 0 Å². The Bertz CT molecular complexity index is 749. The quantitative estimate of drug-likeness (QED) is 0.859. The van der Waals surface area contributed by atoms with Crippen LogP contribution in [0.1, 0.15) is 21.8 Å². The fourth-order valence-corrected chi connectivity index (χ4v) is 2.77. The number of nitrogens with one attached hydrogen (secondary N) is 2. The lowest BCUT2D eigenvalue weighted by molar-refractivity contribution is 0.0943. The van der Waals surface area contributed by atoms with Crippen LogP contribution in [0.15, 0.2) is 33.7 Å². The molecule has 1 amide bonds. The highest BCUT2D eigenvalue weighted by Gasteiger charge is 2.23. The molecule has 0 radical (unpaired) electrons. The van der Waals surface area contributed by atoms with Crippen LogP contribution in [0.3, 0.4) is 0 Å². The molecule has 3 rings (SSSR count). The Morgan fingerprint density at radius 3 is 3.09 bits per heavy atom. The molecule has 0 fully saturated rings. The third-order valence-corrected chi connectivity index (χ3v) is 3.88. The van der Waals surface area contributed by atoms with E-state index in [0.717, 1.165) is 0 Å². The van der Waals surface area contributed by atoms with Crippen LogP contribution in [0.4, 0.5) is 0 Å². The first-order chi connectivity index (χ1) is 11.2. The number of nitrogens with zero attached hydrogens (tertiary/aromatic N) is 1. The summed E-state index contributed by atoms with van der Waals surface area (Å²) >= 11 is 0. The van der Waals surface area contributed by atoms with Crippen molar-refractivity contribution in [1.82, 2.24) is 15.2 Å². The summed E-state index contributed by atoms with van der Waals surface area (Å²) in [7, 11) is 1.46. The van der Waals surface area contributed by atoms with Gasteiger partial charge < -0.3 is 24.4 Å². The molecule has 7 nitrogen and oxygen atoms in total. The molecule has 1 aliphatic rings. The Kier molecular flexibility index (Phi) is 4.47. The lowest BCUT2D eigenvalue weighted by Crippen LogP contribution is -2.31. The largest absolute Gasteiger partial charge is 0.496 e. The molecule has 0 saturated carbocycles. The molecule has 2 N–H and O–H groups in total. The van der Waals surface area contributed by atoms with E-state index < -0.39 is 0 Å². The van der Waals surface area contributed by atoms with Gasteiger partial charge in [-0.05, 0) is 12.1 Å². The minimum atomic E-state index is -0.274. The SMILES string of the molecule is COc1cc(=O)n2c(c1C(=O)NCc1ccco1)CCNCC2. The van der Waals surface area contributed by atoms with Gasteiger partial charge in [-0.3, -0.25) is 9.59 Å². The zero-order valence-corrected chi connectivity index (χ0v) is 12.9. The average Bonchev–Trinajstić information content (AvgIpc) is 2.95. The zero-order chi connectivity index (χ0) is 16.2. The standard InChI is InChI=1S/C16H19N3O4/c1-22-13-9-14(20)19-7-6-17-5-4-12(19)15(13)16(21)18-10-11-3-2-8-23-11/h2-3,8-9,17H,4-7,10H2,1H3,(H,18,21). The minimum Gasteiger partial charge on any atom is -0.496 e. The van der Waals surface area contributed by atoms with Gasteiger partial charge in [-0.15, -0.1) is 0 Å². The fraction of sp³-hybridized carbons (Fsp3) is 0.375. The van der Waals surface area contributed by atoms with Crippen LogP contribution in [0.25, 0.3) is 0 Å². The molecule has 0 bridgehead atoms. The number of aromatic nitrogens is 1. The molecular formula is C16H19N3O4. The summed E-state index contributed by atoms with van der Waals surface area (Å²) in [4.78, 5) is 24.9. The minimum absolute atomic E-state index is 0.150. The zero-order valence-electron chi connectivity index (χ0n) is 12.9. The molecule has 0 spiro atoms. The summed E-state index contributed by atoms with van der Waals surface area (Å²) in [5, 5.41) is 6.05. The first kappa shape index (κ1) is 15.4. The summed E-state index contributed by atoms with van der Waals surface area (Å²) in [6.07, 6.45) is 2.15. The average molecular weight is 317 g/mol. The van der Waals surface area contributed by atoms with E-state index in [9.17, 15) is 9.59 Å². The first-order valence-electron chi connectivity index (χ1n) is 7.52. The monoisotopic (exact) mass is 317 g/mol. The van der Waals surface area contributed by atoms with Crippen molar-refractivity contribution < 1.29 is 13.9 Å². The van der Waals surface area contributed by atoms with Crippen molar-refractivity contribution in [3.8, 4) is 5.75 Å². The fourth-order valence-electron chi connectivity index (χ4n) is 2.77. The number of furan rings is 1. The lowest BCUT2D eigenvalue weighted by atomic mass is 10.1. The molecule has 0 atom stereocenters. The summed E-state index contributed by atoms with van der Waals surface area (Å²) in [5.41, 5.74) is 0.974. The molecule has 2 aromatic rings. The number of carbonyl (C=O) groups excluding carboxylic acids is 1. The maximum absolute atomic E-state index is 12.6. The Balaban J connectivity index is 1.95. The van der Waals surface area contributed by atoms with Crippen LogP contribution in [-0.4, -0.2) is 30.7 Å². The molecule has 1 aliphatic heterocycles. The molecule has 3 heterocycles. The number of fused-ring (bicyclic) bond motifs is 1. The summed E-state index contributed by atoms with van der Waals surface area (Å²) in [5.74, 6) is 0.696. The molecular weight excluding hydrogens is 298 g/mol. The van der Waals surface area contributed by atoms with E-state index in [1.807, 2.05) is 0 Å². The second kappa shape index (κ2) is 6.70. The van der Waals surface area contributed by atoms with E-state index in [1.54, 1.807) is 23.0 Å². The van der Waals surface area contributed by atoms with E-state index in [2.05, 4.69) is 10.6 Å². The highest BCUT2D eigenvalue weighted by atomic mass is 16.5. The summed E-state index contributed by atoms with van der Waals surface area (Å²) < 4.78 is 12.1. The number of amides is 1. The summed E-state index contributed by atoms with van der Waals surface area (Å²) in [6, 6.07) is 4.93. The van der Waals surface area contributed by atoms with Gasteiger partial charge in [-0.25, -0.2) is 0 Å². The first-order valence-corrected chi connectivity index (χ1v) is 7.52. The second-order valence-corrected chi connectivity index (χ2v) is 5.29. The normalized spacial score (nSPS) is 14.0. The number of hydrogen-bond donors (Lipinski definition) is 2. The second-order valence-electron chi connectivity index (χ2n) is 5.29. The molecule has 122 valence electrons. The number of pyridine rings is 1. The van der Waals surface area contributed by atoms with Gasteiger partial charge in [0.05, 0.1) is 19.9 Å². The number of carbonyl (C=O) groups is 1. The third kappa shape index (κ3) is 3.14. The highest BCUT2D eigenvalue weighted by molar-refractivity contribution is 5.98. The smallest absolute Gasteiger partial charge is 0.257 e. The number of methoxy groups -OCH3 is 1. The molecule has 7 heteroatoms. The van der Waals surface area contributed by atoms with Crippen molar-refractivity contribution in [3.63, 3.8) is 0 Å². The molecule has 0 aliphatic carbocycles. The molecule has 0 saturated heterocycles. The van der Waals surface area contributed by atoms with Crippen molar-refractivity contribution >= 4 is 5.91 Å². The highest BCUT2D eigenvalue weighted by Crippen LogP contribution is 2.21. The van der Waals surface area contributed by atoms with E-state index in [0.29, 0.717) is 48.8 Å². The van der Waals surface area contributed by atoms with Crippen LogP contribution in [0, 0.1) is 0 Å². The number of rotatable bonds is 4. The summed E-state index contributed by atoms with van der Waals surface area (Å²) in [6.45, 7) is 2.24. The van der Waals surface area contributed by atoms with Gasteiger partial charge in [0, 0.05) is 37.8 Å². The predicted molar refractivity (Wildman–Crippen MR) is 83.7 cm³/mol. The maximum atomic E-state index is 12.6. The Hall–Kier alpha value is -2.54. The maximum Gasteiger partial charge on any atom is 0.257 e. The van der Waals surface area contributed by atoms with Gasteiger partial charge >= 0.3 is 0 Å².